The zero-order chi connectivity index (χ0) is 60.8. The Kier molecular flexibility index (Phi) is 54.3. The van der Waals surface area contributed by atoms with Gasteiger partial charge in [0, 0.05) is 25.7 Å². The van der Waals surface area contributed by atoms with Crippen molar-refractivity contribution in [3.05, 3.63) is 0 Å². The number of aliphatic hydroxyl groups excluding tert-OH is 1. The molecule has 0 fully saturated rings. The number of phosphoric ester groups is 2. The quantitative estimate of drug-likeness (QED) is 0.0222. The standard InChI is InChI=1S/C63H122O17P2/c1-7-9-11-31-39-45-60(65)73-51-58(79-62(67)47-41-32-12-10-8-2)53-77-81(69,70)75-49-57(64)50-76-82(71,72)78-54-59(52-74-61(66)46-40-35-29-25-22-18-20-24-28-34-38-44-56(5)6)80-63(68)48-42-36-30-26-21-17-15-13-14-16-19-23-27-33-37-43-55(3)4/h55-59,64H,7-54H2,1-6H3,(H,69,70)(H,71,72)/t57-,58+,59+/m0/s1. The molecule has 0 aromatic heterocycles. The number of hydrogen-bond acceptors (Lipinski definition) is 15. The van der Waals surface area contributed by atoms with Crippen LogP contribution < -0.4 is 0 Å². The van der Waals surface area contributed by atoms with Gasteiger partial charge in [0.05, 0.1) is 26.4 Å². The summed E-state index contributed by atoms with van der Waals surface area (Å²) < 4.78 is 67.5. The highest BCUT2D eigenvalue weighted by Crippen LogP contribution is 2.45. The second-order valence-electron chi connectivity index (χ2n) is 23.7. The van der Waals surface area contributed by atoms with Crippen LogP contribution in [0, 0.1) is 11.8 Å². The smallest absolute Gasteiger partial charge is 0.462 e. The molecule has 0 aromatic carbocycles. The van der Waals surface area contributed by atoms with Crippen molar-refractivity contribution in [1.82, 2.24) is 0 Å². The number of hydrogen-bond donors (Lipinski definition) is 3. The largest absolute Gasteiger partial charge is 0.472 e. The first kappa shape index (κ1) is 80.1. The predicted octanol–water partition coefficient (Wildman–Crippen LogP) is 17.3. The fraction of sp³-hybridized carbons (Fsp3) is 0.937. The van der Waals surface area contributed by atoms with Gasteiger partial charge in [-0.25, -0.2) is 9.13 Å². The van der Waals surface area contributed by atoms with Gasteiger partial charge in [0.15, 0.2) is 12.2 Å². The number of esters is 4. The molecule has 486 valence electrons. The number of aliphatic hydroxyl groups is 1. The molecule has 5 atom stereocenters. The average Bonchev–Trinajstić information content (AvgIpc) is 3.45. The number of phosphoric acid groups is 2. The summed E-state index contributed by atoms with van der Waals surface area (Å²) in [6, 6.07) is 0. The van der Waals surface area contributed by atoms with Gasteiger partial charge in [-0.3, -0.25) is 37.3 Å². The van der Waals surface area contributed by atoms with E-state index in [9.17, 15) is 43.2 Å². The van der Waals surface area contributed by atoms with Crippen LogP contribution in [0.3, 0.4) is 0 Å². The van der Waals surface area contributed by atoms with Crippen LogP contribution in [0.4, 0.5) is 0 Å². The van der Waals surface area contributed by atoms with Gasteiger partial charge >= 0.3 is 39.5 Å². The van der Waals surface area contributed by atoms with Crippen LogP contribution >= 0.6 is 15.6 Å². The molecule has 0 aromatic rings. The molecule has 0 aliphatic rings. The summed E-state index contributed by atoms with van der Waals surface area (Å²) in [5.41, 5.74) is 0. The van der Waals surface area contributed by atoms with Gasteiger partial charge in [-0.05, 0) is 37.5 Å². The number of ether oxygens (including phenoxy) is 4. The van der Waals surface area contributed by atoms with Crippen LogP contribution in [0.2, 0.25) is 0 Å². The van der Waals surface area contributed by atoms with Crippen molar-refractivity contribution >= 4 is 39.5 Å². The van der Waals surface area contributed by atoms with E-state index in [1.165, 1.54) is 122 Å². The van der Waals surface area contributed by atoms with Crippen LogP contribution in [0.1, 0.15) is 311 Å². The van der Waals surface area contributed by atoms with E-state index in [0.717, 1.165) is 108 Å². The first-order valence-corrected chi connectivity index (χ1v) is 36.0. The van der Waals surface area contributed by atoms with Crippen molar-refractivity contribution in [1.29, 1.82) is 0 Å². The van der Waals surface area contributed by atoms with E-state index in [0.29, 0.717) is 25.7 Å². The maximum atomic E-state index is 13.0. The Bertz CT molecular complexity index is 1620. The van der Waals surface area contributed by atoms with Gasteiger partial charge in [-0.2, -0.15) is 0 Å². The lowest BCUT2D eigenvalue weighted by Crippen LogP contribution is -2.30. The summed E-state index contributed by atoms with van der Waals surface area (Å²) >= 11 is 0. The van der Waals surface area contributed by atoms with E-state index < -0.39 is 97.5 Å². The second kappa shape index (κ2) is 55.6. The molecule has 0 rings (SSSR count). The third-order valence-corrected chi connectivity index (χ3v) is 16.4. The van der Waals surface area contributed by atoms with Crippen molar-refractivity contribution in [2.75, 3.05) is 39.6 Å². The SMILES string of the molecule is CCCCCCCC(=O)OC[C@H](COP(=O)(O)OC[C@H](O)COP(=O)(O)OC[C@@H](COC(=O)CCCCCCCCCCCCCC(C)C)OC(=O)CCCCCCCCCCCCCCCCCC(C)C)OC(=O)CCCCCCC. The minimum absolute atomic E-state index is 0.0986. The van der Waals surface area contributed by atoms with E-state index >= 15 is 0 Å². The molecule has 82 heavy (non-hydrogen) atoms. The van der Waals surface area contributed by atoms with Gasteiger partial charge in [0.2, 0.25) is 0 Å². The van der Waals surface area contributed by atoms with E-state index in [1.807, 2.05) is 0 Å². The summed E-state index contributed by atoms with van der Waals surface area (Å²) in [4.78, 5) is 71.6. The minimum Gasteiger partial charge on any atom is -0.462 e. The Labute approximate surface area is 498 Å². The molecular formula is C63H122O17P2. The highest BCUT2D eigenvalue weighted by Gasteiger charge is 2.30. The maximum Gasteiger partial charge on any atom is 0.472 e. The normalized spacial score (nSPS) is 14.3. The molecule has 0 radical (unpaired) electrons. The summed E-state index contributed by atoms with van der Waals surface area (Å²) in [6.45, 7) is 9.34. The Morgan fingerprint density at radius 2 is 0.561 bits per heavy atom. The van der Waals surface area contributed by atoms with Crippen LogP contribution in [0.25, 0.3) is 0 Å². The molecule has 0 spiro atoms. The third kappa shape index (κ3) is 57.2. The van der Waals surface area contributed by atoms with E-state index in [4.69, 9.17) is 37.0 Å². The fourth-order valence-corrected chi connectivity index (χ4v) is 10.9. The Hall–Kier alpha value is -1.94. The molecule has 17 nitrogen and oxygen atoms in total. The molecule has 0 aliphatic heterocycles. The molecule has 0 aliphatic carbocycles. The lowest BCUT2D eigenvalue weighted by molar-refractivity contribution is -0.161. The molecule has 19 heteroatoms. The van der Waals surface area contributed by atoms with Crippen LogP contribution in [0.5, 0.6) is 0 Å². The Morgan fingerprint density at radius 1 is 0.329 bits per heavy atom. The van der Waals surface area contributed by atoms with E-state index in [1.54, 1.807) is 0 Å². The maximum absolute atomic E-state index is 13.0. The summed E-state index contributed by atoms with van der Waals surface area (Å²) in [5.74, 6) is -0.583. The van der Waals surface area contributed by atoms with Crippen molar-refractivity contribution < 1.29 is 80.2 Å². The fourth-order valence-electron chi connectivity index (χ4n) is 9.35. The molecule has 3 N–H and O–H groups in total. The summed E-state index contributed by atoms with van der Waals surface area (Å²) in [7, 11) is -9.87. The van der Waals surface area contributed by atoms with Gasteiger partial charge in [0.25, 0.3) is 0 Å². The second-order valence-corrected chi connectivity index (χ2v) is 26.7. The van der Waals surface area contributed by atoms with Crippen LogP contribution in [-0.2, 0) is 65.4 Å². The molecular weight excluding hydrogens is 1090 g/mol. The number of rotatable bonds is 62. The molecule has 0 heterocycles. The monoisotopic (exact) mass is 1210 g/mol. The van der Waals surface area contributed by atoms with E-state index in [2.05, 4.69) is 41.5 Å². The lowest BCUT2D eigenvalue weighted by Gasteiger charge is -2.21. The predicted molar refractivity (Wildman–Crippen MR) is 326 cm³/mol. The van der Waals surface area contributed by atoms with Crippen molar-refractivity contribution in [2.45, 2.75) is 330 Å². The zero-order valence-corrected chi connectivity index (χ0v) is 54.6. The van der Waals surface area contributed by atoms with Crippen LogP contribution in [-0.4, -0.2) is 96.7 Å². The number of carbonyl (C=O) groups excluding carboxylic acids is 4. The highest BCUT2D eigenvalue weighted by molar-refractivity contribution is 7.47. The first-order chi connectivity index (χ1) is 39.4. The molecule has 0 saturated carbocycles. The minimum atomic E-state index is -4.94. The van der Waals surface area contributed by atoms with E-state index in [-0.39, 0.29) is 25.7 Å². The zero-order valence-electron chi connectivity index (χ0n) is 52.8. The summed E-state index contributed by atoms with van der Waals surface area (Å²) in [6.07, 6.45) is 38.4. The van der Waals surface area contributed by atoms with Gasteiger partial charge in [0.1, 0.15) is 19.3 Å². The molecule has 2 unspecified atom stereocenters. The Balaban J connectivity index is 5.09. The number of carbonyl (C=O) groups is 4. The molecule has 0 amide bonds. The number of unbranched alkanes of at least 4 members (excludes halogenated alkanes) is 32. The highest BCUT2D eigenvalue weighted by atomic mass is 31.2. The van der Waals surface area contributed by atoms with Crippen molar-refractivity contribution in [3.8, 4) is 0 Å². The summed E-state index contributed by atoms with van der Waals surface area (Å²) in [5, 5.41) is 10.5. The van der Waals surface area contributed by atoms with Gasteiger partial charge in [-0.1, -0.05) is 260 Å². The third-order valence-electron chi connectivity index (χ3n) is 14.5. The van der Waals surface area contributed by atoms with Gasteiger partial charge < -0.3 is 33.8 Å². The topological polar surface area (TPSA) is 237 Å². The average molecular weight is 1210 g/mol. The van der Waals surface area contributed by atoms with Crippen molar-refractivity contribution in [3.63, 3.8) is 0 Å². The first-order valence-electron chi connectivity index (χ1n) is 33.0. The van der Waals surface area contributed by atoms with Gasteiger partial charge in [-0.15, -0.1) is 0 Å². The molecule has 0 saturated heterocycles. The lowest BCUT2D eigenvalue weighted by atomic mass is 10.0. The molecule has 0 bridgehead atoms. The van der Waals surface area contributed by atoms with Crippen LogP contribution in [0.15, 0.2) is 0 Å². The Morgan fingerprint density at radius 3 is 0.829 bits per heavy atom. The van der Waals surface area contributed by atoms with Crippen molar-refractivity contribution in [2.24, 2.45) is 11.8 Å².